The molecule has 0 amide bonds. The van der Waals surface area contributed by atoms with Crippen LogP contribution in [0.3, 0.4) is 0 Å². The Morgan fingerprint density at radius 3 is 2.12 bits per heavy atom. The lowest BCUT2D eigenvalue weighted by atomic mass is 10.1. The first kappa shape index (κ1) is 12.4. The summed E-state index contributed by atoms with van der Waals surface area (Å²) in [6, 6.07) is 7.31. The van der Waals surface area contributed by atoms with Gasteiger partial charge in [-0.2, -0.15) is 13.2 Å². The number of nitrogens with one attached hydrogen (secondary N) is 1. The number of benzene rings is 1. The average molecular weight is 243 g/mol. The second-order valence-electron chi connectivity index (χ2n) is 4.86. The molecule has 1 aromatic carbocycles. The van der Waals surface area contributed by atoms with Crippen molar-refractivity contribution in [2.75, 3.05) is 0 Å². The predicted octanol–water partition coefficient (Wildman–Crippen LogP) is 3.74. The van der Waals surface area contributed by atoms with Gasteiger partial charge in [-0.25, -0.2) is 0 Å². The zero-order chi connectivity index (χ0) is 12.7. The van der Waals surface area contributed by atoms with Crippen LogP contribution in [0.4, 0.5) is 13.2 Å². The molecule has 0 heterocycles. The van der Waals surface area contributed by atoms with Crippen LogP contribution in [-0.2, 0) is 0 Å². The molecule has 0 saturated heterocycles. The largest absolute Gasteiger partial charge is 0.406 e. The van der Waals surface area contributed by atoms with Crippen LogP contribution in [-0.4, -0.2) is 11.7 Å². The first-order chi connectivity index (χ1) is 7.84. The van der Waals surface area contributed by atoms with E-state index in [1.54, 1.807) is 6.92 Å². The van der Waals surface area contributed by atoms with Gasteiger partial charge >= 0.3 is 6.18 Å². The maximum absolute atomic E-state index is 12.8. The van der Waals surface area contributed by atoms with Gasteiger partial charge in [0.15, 0.2) is 0 Å². The van der Waals surface area contributed by atoms with Gasteiger partial charge in [-0.05, 0) is 32.3 Å². The maximum Gasteiger partial charge on any atom is 0.406 e. The molecule has 17 heavy (non-hydrogen) atoms. The lowest BCUT2D eigenvalue weighted by Gasteiger charge is -2.25. The Kier molecular flexibility index (Phi) is 2.94. The first-order valence-electron chi connectivity index (χ1n) is 5.75. The third-order valence-corrected chi connectivity index (χ3v) is 3.36. The fourth-order valence-corrected chi connectivity index (χ4v) is 1.99. The van der Waals surface area contributed by atoms with Crippen LogP contribution in [0.25, 0.3) is 0 Å². The summed E-state index contributed by atoms with van der Waals surface area (Å²) in [5.74, 6) is 0. The molecule has 1 aliphatic rings. The molecule has 0 aromatic heterocycles. The maximum atomic E-state index is 12.8. The lowest BCUT2D eigenvalue weighted by Crippen LogP contribution is -2.45. The standard InChI is InChI=1S/C13H16F3N/c1-9-3-5-11(6-4-9)10(2)17-12(7-8-12)13(14,15)16/h3-6,10,17H,7-8H2,1-2H3. The Morgan fingerprint density at radius 2 is 1.71 bits per heavy atom. The van der Waals surface area contributed by atoms with Crippen molar-refractivity contribution in [2.24, 2.45) is 0 Å². The Balaban J connectivity index is 2.07. The minimum Gasteiger partial charge on any atom is -0.297 e. The molecular weight excluding hydrogens is 227 g/mol. The van der Waals surface area contributed by atoms with Crippen molar-refractivity contribution < 1.29 is 13.2 Å². The highest BCUT2D eigenvalue weighted by molar-refractivity contribution is 5.25. The molecule has 1 fully saturated rings. The normalized spacial score (nSPS) is 20.1. The van der Waals surface area contributed by atoms with E-state index in [1.165, 1.54) is 0 Å². The van der Waals surface area contributed by atoms with Crippen LogP contribution in [0.5, 0.6) is 0 Å². The summed E-state index contributed by atoms with van der Waals surface area (Å²) in [5.41, 5.74) is 0.362. The van der Waals surface area contributed by atoms with Gasteiger partial charge in [0.25, 0.3) is 0 Å². The zero-order valence-corrected chi connectivity index (χ0v) is 9.93. The van der Waals surface area contributed by atoms with Crippen molar-refractivity contribution in [3.63, 3.8) is 0 Å². The van der Waals surface area contributed by atoms with E-state index in [4.69, 9.17) is 0 Å². The molecule has 0 radical (unpaired) electrons. The summed E-state index contributed by atoms with van der Waals surface area (Å²) in [7, 11) is 0. The molecule has 1 saturated carbocycles. The van der Waals surface area contributed by atoms with Gasteiger partial charge in [0.05, 0.1) is 0 Å². The molecule has 94 valence electrons. The number of alkyl halides is 3. The van der Waals surface area contributed by atoms with Gasteiger partial charge in [0.1, 0.15) is 5.54 Å². The van der Waals surface area contributed by atoms with Crippen LogP contribution in [0.15, 0.2) is 24.3 Å². The van der Waals surface area contributed by atoms with E-state index in [9.17, 15) is 13.2 Å². The van der Waals surface area contributed by atoms with E-state index in [-0.39, 0.29) is 18.9 Å². The quantitative estimate of drug-likeness (QED) is 0.852. The zero-order valence-electron chi connectivity index (χ0n) is 9.93. The first-order valence-corrected chi connectivity index (χ1v) is 5.75. The molecule has 1 aliphatic carbocycles. The van der Waals surface area contributed by atoms with E-state index in [1.807, 2.05) is 31.2 Å². The molecule has 1 nitrogen and oxygen atoms in total. The van der Waals surface area contributed by atoms with E-state index >= 15 is 0 Å². The number of rotatable bonds is 3. The van der Waals surface area contributed by atoms with Crippen molar-refractivity contribution >= 4 is 0 Å². The highest BCUT2D eigenvalue weighted by Gasteiger charge is 2.63. The summed E-state index contributed by atoms with van der Waals surface area (Å²) >= 11 is 0. The molecule has 2 rings (SSSR count). The summed E-state index contributed by atoms with van der Waals surface area (Å²) in [6.07, 6.45) is -3.77. The molecule has 1 atom stereocenters. The predicted molar refractivity (Wildman–Crippen MR) is 60.7 cm³/mol. The minimum absolute atomic E-state index is 0.187. The van der Waals surface area contributed by atoms with Crippen molar-refractivity contribution in [1.29, 1.82) is 0 Å². The molecule has 1 unspecified atom stereocenters. The van der Waals surface area contributed by atoms with Crippen LogP contribution in [0.2, 0.25) is 0 Å². The SMILES string of the molecule is Cc1ccc(C(C)NC2(C(F)(F)F)CC2)cc1. The minimum atomic E-state index is -4.15. The van der Waals surface area contributed by atoms with Crippen molar-refractivity contribution in [2.45, 2.75) is 44.4 Å². The van der Waals surface area contributed by atoms with Gasteiger partial charge in [-0.3, -0.25) is 5.32 Å². The highest BCUT2D eigenvalue weighted by atomic mass is 19.4. The third kappa shape index (κ3) is 2.46. The number of hydrogen-bond acceptors (Lipinski definition) is 1. The van der Waals surface area contributed by atoms with Gasteiger partial charge in [0, 0.05) is 6.04 Å². The Labute approximate surface area is 99.0 Å². The fourth-order valence-electron chi connectivity index (χ4n) is 1.99. The van der Waals surface area contributed by atoms with E-state index in [0.29, 0.717) is 0 Å². The van der Waals surface area contributed by atoms with Crippen molar-refractivity contribution in [1.82, 2.24) is 5.32 Å². The molecule has 1 aromatic rings. The number of halogens is 3. The van der Waals surface area contributed by atoms with E-state index in [2.05, 4.69) is 5.32 Å². The second kappa shape index (κ2) is 4.02. The summed E-state index contributed by atoms with van der Waals surface area (Å²) < 4.78 is 38.3. The van der Waals surface area contributed by atoms with Gasteiger partial charge < -0.3 is 0 Å². The fraction of sp³-hybridized carbons (Fsp3) is 0.538. The summed E-state index contributed by atoms with van der Waals surface area (Å²) in [6.45, 7) is 3.73. The second-order valence-corrected chi connectivity index (χ2v) is 4.86. The monoisotopic (exact) mass is 243 g/mol. The highest BCUT2D eigenvalue weighted by Crippen LogP contribution is 2.50. The van der Waals surface area contributed by atoms with Crippen LogP contribution < -0.4 is 5.32 Å². The molecule has 0 aliphatic heterocycles. The topological polar surface area (TPSA) is 12.0 Å². The van der Waals surface area contributed by atoms with E-state index in [0.717, 1.165) is 11.1 Å². The third-order valence-electron chi connectivity index (χ3n) is 3.36. The van der Waals surface area contributed by atoms with Crippen LogP contribution >= 0.6 is 0 Å². The van der Waals surface area contributed by atoms with Gasteiger partial charge in [0.2, 0.25) is 0 Å². The smallest absolute Gasteiger partial charge is 0.297 e. The molecule has 0 spiro atoms. The molecule has 0 bridgehead atoms. The number of aryl methyl sites for hydroxylation is 1. The molecule has 1 N–H and O–H groups in total. The Bertz CT molecular complexity index is 390. The van der Waals surface area contributed by atoms with Gasteiger partial charge in [-0.15, -0.1) is 0 Å². The average Bonchev–Trinajstić information content (AvgIpc) is 2.98. The Hall–Kier alpha value is -1.03. The number of hydrogen-bond donors (Lipinski definition) is 1. The molecule has 4 heteroatoms. The van der Waals surface area contributed by atoms with Crippen LogP contribution in [0.1, 0.15) is 36.9 Å². The Morgan fingerprint density at radius 1 is 1.18 bits per heavy atom. The van der Waals surface area contributed by atoms with Crippen molar-refractivity contribution in [3.05, 3.63) is 35.4 Å². The van der Waals surface area contributed by atoms with Crippen molar-refractivity contribution in [3.8, 4) is 0 Å². The lowest BCUT2D eigenvalue weighted by molar-refractivity contribution is -0.167. The van der Waals surface area contributed by atoms with E-state index < -0.39 is 11.7 Å². The molecular formula is C13H16F3N. The van der Waals surface area contributed by atoms with Crippen LogP contribution in [0, 0.1) is 6.92 Å². The van der Waals surface area contributed by atoms with Gasteiger partial charge in [-0.1, -0.05) is 29.8 Å². The summed E-state index contributed by atoms with van der Waals surface area (Å²) in [4.78, 5) is 0. The summed E-state index contributed by atoms with van der Waals surface area (Å²) in [5, 5.41) is 2.72.